The van der Waals surface area contributed by atoms with Crippen LogP contribution in [0.25, 0.3) is 0 Å². The summed E-state index contributed by atoms with van der Waals surface area (Å²) in [5.41, 5.74) is 1.13. The Labute approximate surface area is 467 Å². The summed E-state index contributed by atoms with van der Waals surface area (Å²) in [7, 11) is 0. The maximum absolute atomic E-state index is 13.9. The van der Waals surface area contributed by atoms with E-state index in [0.29, 0.717) is 119 Å². The molecule has 5 unspecified atom stereocenters. The Balaban J connectivity index is 0.783. The van der Waals surface area contributed by atoms with Gasteiger partial charge in [0.15, 0.2) is 0 Å². The SMILES string of the molecule is C=CC(=O)OCCCCCCOC1=CC=C(OC(=O)C2CCC(C(=O)OC3=CC=C(OC(=O)[C@H]4CC[C@H](C(=O)Oc5ccc(OCCCCCCOC(=O)C=C)cc5)CC4)C4NC(C5=CC6C=CC(C)=CC6O5)SC34)CC2)CC1. The van der Waals surface area contributed by atoms with Crippen LogP contribution in [0, 0.1) is 29.6 Å². The second kappa shape index (κ2) is 29.6. The molecule has 5 aliphatic carbocycles. The van der Waals surface area contributed by atoms with Crippen LogP contribution in [0.2, 0.25) is 0 Å². The minimum Gasteiger partial charge on any atom is -0.498 e. The Morgan fingerprint density at radius 2 is 1.08 bits per heavy atom. The summed E-state index contributed by atoms with van der Waals surface area (Å²) in [6.07, 6.45) is 29.9. The highest BCUT2D eigenvalue weighted by Gasteiger charge is 2.48. The highest BCUT2D eigenvalue weighted by molar-refractivity contribution is 8.01. The number of hydrogen-bond acceptors (Lipinski definition) is 17. The Morgan fingerprint density at radius 1 is 0.582 bits per heavy atom. The van der Waals surface area contributed by atoms with Crippen LogP contribution in [-0.2, 0) is 61.9 Å². The smallest absolute Gasteiger partial charge is 0.330 e. The lowest BCUT2D eigenvalue weighted by Gasteiger charge is -2.30. The first-order valence-electron chi connectivity index (χ1n) is 28.2. The maximum atomic E-state index is 13.9. The standard InChI is InChI=1S/C62H75NO15S/c1-4-54(64)72-36-12-8-6-10-34-70-46-24-28-48(29-25-46)74-59(66)41-16-20-43(21-17-41)61(68)77-50-32-33-51(57-56(50)63-58(79-57)53-39-45-15-14-40(3)38-52(45)76-53)78-62(69)44-22-18-42(19-23-44)60(67)75-49-30-26-47(27-31-49)71-35-11-7-9-13-37-73-55(65)5-2/h4-5,14-15,24-26,28-30,32-33,38-39,41-45,52,56-58,63H,1-2,6-13,16-23,27,31,34-37H2,3H3/t41-,42?,43-,44?,45?,52?,56?,57?,58?. The monoisotopic (exact) mass is 1110 g/mol. The van der Waals surface area contributed by atoms with Gasteiger partial charge in [-0.3, -0.25) is 24.5 Å². The number of carbonyl (C=O) groups excluding carboxylic acids is 6. The van der Waals surface area contributed by atoms with Gasteiger partial charge in [-0.15, -0.1) is 11.8 Å². The molecule has 7 aliphatic rings. The van der Waals surface area contributed by atoms with Crippen molar-refractivity contribution in [2.75, 3.05) is 26.4 Å². The average molecular weight is 1110 g/mol. The lowest BCUT2D eigenvalue weighted by atomic mass is 9.82. The summed E-state index contributed by atoms with van der Waals surface area (Å²) in [4.78, 5) is 76.6. The van der Waals surface area contributed by atoms with Crippen LogP contribution in [0.15, 0.2) is 133 Å². The number of nitrogens with one attached hydrogen (secondary N) is 1. The fourth-order valence-electron chi connectivity index (χ4n) is 10.6. The Morgan fingerprint density at radius 3 is 1.65 bits per heavy atom. The van der Waals surface area contributed by atoms with Gasteiger partial charge in [0.1, 0.15) is 46.0 Å². The quantitative estimate of drug-likeness (QED) is 0.0287. The number of thioether (sulfide) groups is 1. The lowest BCUT2D eigenvalue weighted by molar-refractivity contribution is -0.151. The number of unbranched alkanes of at least 4 members (excludes halogenated alkanes) is 6. The molecule has 0 amide bonds. The van der Waals surface area contributed by atoms with E-state index in [4.69, 9.17) is 42.6 Å². The molecule has 0 bridgehead atoms. The van der Waals surface area contributed by atoms with E-state index in [1.807, 2.05) is 13.0 Å². The number of rotatable bonds is 27. The van der Waals surface area contributed by atoms with Gasteiger partial charge in [-0.05, 0) is 170 Å². The predicted octanol–water partition coefficient (Wildman–Crippen LogP) is 11.0. The fourth-order valence-corrected chi connectivity index (χ4v) is 12.0. The summed E-state index contributed by atoms with van der Waals surface area (Å²) >= 11 is 1.55. The molecule has 17 heteroatoms. The van der Waals surface area contributed by atoms with Crippen molar-refractivity contribution in [1.29, 1.82) is 0 Å². The molecular formula is C62H75NO15S. The number of carbonyl (C=O) groups is 6. The highest BCUT2D eigenvalue weighted by Crippen LogP contribution is 2.45. The normalized spacial score (nSPS) is 25.8. The molecule has 424 valence electrons. The van der Waals surface area contributed by atoms with Gasteiger partial charge in [-0.1, -0.05) is 30.9 Å². The second-order valence-corrected chi connectivity index (χ2v) is 22.3. The van der Waals surface area contributed by atoms with E-state index in [1.54, 1.807) is 54.3 Å². The molecular weight excluding hydrogens is 1030 g/mol. The van der Waals surface area contributed by atoms with Crippen molar-refractivity contribution < 1.29 is 71.4 Å². The number of allylic oxidation sites excluding steroid dienone is 8. The third kappa shape index (κ3) is 17.2. The van der Waals surface area contributed by atoms with Gasteiger partial charge in [0.05, 0.1) is 67.2 Å². The number of hydrogen-bond donors (Lipinski definition) is 1. The molecule has 2 aliphatic heterocycles. The largest absolute Gasteiger partial charge is 0.498 e. The van der Waals surface area contributed by atoms with Crippen LogP contribution in [0.4, 0.5) is 0 Å². The number of ether oxygens (including phenoxy) is 9. The van der Waals surface area contributed by atoms with Gasteiger partial charge in [-0.25, -0.2) is 9.59 Å². The Hall–Kier alpha value is -6.59. The summed E-state index contributed by atoms with van der Waals surface area (Å²) in [5, 5.41) is 2.92. The molecule has 0 aromatic heterocycles. The molecule has 1 N–H and O–H groups in total. The molecule has 1 aromatic carbocycles. The van der Waals surface area contributed by atoms with Crippen molar-refractivity contribution in [2.45, 2.75) is 145 Å². The summed E-state index contributed by atoms with van der Waals surface area (Å²) in [6.45, 7) is 10.7. The summed E-state index contributed by atoms with van der Waals surface area (Å²) in [5.74, 6) is 0.656. The molecule has 1 aromatic rings. The van der Waals surface area contributed by atoms with Crippen LogP contribution in [0.5, 0.6) is 11.5 Å². The van der Waals surface area contributed by atoms with E-state index in [0.717, 1.165) is 80.6 Å². The van der Waals surface area contributed by atoms with E-state index < -0.39 is 35.1 Å². The van der Waals surface area contributed by atoms with Gasteiger partial charge in [0, 0.05) is 30.9 Å². The minimum absolute atomic E-state index is 0.0943. The van der Waals surface area contributed by atoms with Gasteiger partial charge in [0.2, 0.25) is 0 Å². The third-order valence-electron chi connectivity index (χ3n) is 15.2. The van der Waals surface area contributed by atoms with Crippen LogP contribution in [0.3, 0.4) is 0 Å². The van der Waals surface area contributed by atoms with Crippen LogP contribution >= 0.6 is 11.8 Å². The average Bonchev–Trinajstić information content (AvgIpc) is 4.34. The molecule has 0 spiro atoms. The molecule has 2 heterocycles. The van der Waals surface area contributed by atoms with Gasteiger partial charge in [-0.2, -0.15) is 0 Å². The van der Waals surface area contributed by atoms with Crippen molar-refractivity contribution in [2.24, 2.45) is 29.6 Å². The molecule has 8 rings (SSSR count). The first kappa shape index (κ1) is 58.6. The molecule has 1 saturated heterocycles. The van der Waals surface area contributed by atoms with E-state index in [9.17, 15) is 28.8 Å². The zero-order chi connectivity index (χ0) is 55.5. The fraction of sp³-hybridized carbons (Fsp3) is 0.516. The van der Waals surface area contributed by atoms with E-state index in [1.165, 1.54) is 0 Å². The minimum atomic E-state index is -0.503. The molecule has 16 nitrogen and oxygen atoms in total. The van der Waals surface area contributed by atoms with Crippen molar-refractivity contribution >= 4 is 47.6 Å². The first-order chi connectivity index (χ1) is 38.4. The number of fused-ring (bicyclic) bond motifs is 2. The highest BCUT2D eigenvalue weighted by atomic mass is 32.2. The van der Waals surface area contributed by atoms with E-state index in [-0.39, 0.29) is 53.1 Å². The van der Waals surface area contributed by atoms with Crippen molar-refractivity contribution in [1.82, 2.24) is 5.32 Å². The zero-order valence-corrected chi connectivity index (χ0v) is 46.1. The number of esters is 6. The molecule has 5 atom stereocenters. The van der Waals surface area contributed by atoms with Crippen molar-refractivity contribution in [3.05, 3.63) is 133 Å². The van der Waals surface area contributed by atoms with Crippen LogP contribution in [0.1, 0.15) is 122 Å². The predicted molar refractivity (Wildman–Crippen MR) is 295 cm³/mol. The second-order valence-electron chi connectivity index (χ2n) is 21.0. The maximum Gasteiger partial charge on any atom is 0.330 e. The molecule has 3 fully saturated rings. The molecule has 2 saturated carbocycles. The van der Waals surface area contributed by atoms with Crippen LogP contribution in [-0.4, -0.2) is 85.0 Å². The third-order valence-corrected chi connectivity index (χ3v) is 16.7. The van der Waals surface area contributed by atoms with E-state index in [2.05, 4.69) is 42.8 Å². The summed E-state index contributed by atoms with van der Waals surface area (Å²) in [6, 6.07) is 6.47. The van der Waals surface area contributed by atoms with Crippen LogP contribution < -0.4 is 14.8 Å². The molecule has 79 heavy (non-hydrogen) atoms. The molecule has 0 radical (unpaired) electrons. The van der Waals surface area contributed by atoms with Crippen molar-refractivity contribution in [3.8, 4) is 11.5 Å². The lowest BCUT2D eigenvalue weighted by Crippen LogP contribution is -2.41. The van der Waals surface area contributed by atoms with E-state index >= 15 is 0 Å². The van der Waals surface area contributed by atoms with Gasteiger partial charge >= 0.3 is 35.8 Å². The van der Waals surface area contributed by atoms with Gasteiger partial charge < -0.3 is 42.6 Å². The van der Waals surface area contributed by atoms with Gasteiger partial charge in [0.25, 0.3) is 0 Å². The van der Waals surface area contributed by atoms with Crippen molar-refractivity contribution in [3.63, 3.8) is 0 Å². The topological polar surface area (TPSA) is 198 Å². The number of benzene rings is 1. The Kier molecular flexibility index (Phi) is 21.9. The first-order valence-corrected chi connectivity index (χ1v) is 29.2. The summed E-state index contributed by atoms with van der Waals surface area (Å²) < 4.78 is 52.2. The Bertz CT molecular complexity index is 2590. The zero-order valence-electron chi connectivity index (χ0n) is 45.3.